The van der Waals surface area contributed by atoms with E-state index in [9.17, 15) is 22.4 Å². The molecule has 4 nitrogen and oxygen atoms in total. The van der Waals surface area contributed by atoms with Crippen LogP contribution in [0, 0.1) is 5.82 Å². The highest BCUT2D eigenvalue weighted by Gasteiger charge is 2.36. The average molecular weight is 307 g/mol. The van der Waals surface area contributed by atoms with E-state index in [1.54, 1.807) is 0 Å². The number of rotatable bonds is 4. The summed E-state index contributed by atoms with van der Waals surface area (Å²) in [5.74, 6) is -1.11. The minimum atomic E-state index is -4.39. The fourth-order valence-corrected chi connectivity index (χ4v) is 1.90. The summed E-state index contributed by atoms with van der Waals surface area (Å²) >= 11 is 0. The third-order valence-corrected chi connectivity index (χ3v) is 3.02. The normalized spacial score (nSPS) is 15.8. The number of ether oxygens (including phenoxy) is 2. The van der Waals surface area contributed by atoms with Gasteiger partial charge >= 0.3 is 6.18 Å². The molecule has 1 aliphatic heterocycles. The highest BCUT2D eigenvalue weighted by atomic mass is 19.4. The molecular formula is C13H13F4NO3. The van der Waals surface area contributed by atoms with Crippen LogP contribution in [0.5, 0.6) is 5.75 Å². The van der Waals surface area contributed by atoms with Crippen molar-refractivity contribution in [1.29, 1.82) is 0 Å². The lowest BCUT2D eigenvalue weighted by Crippen LogP contribution is -2.55. The zero-order chi connectivity index (χ0) is 15.6. The highest BCUT2D eigenvalue weighted by Crippen LogP contribution is 2.23. The van der Waals surface area contributed by atoms with E-state index in [1.165, 1.54) is 24.1 Å². The van der Waals surface area contributed by atoms with Crippen LogP contribution < -0.4 is 4.74 Å². The zero-order valence-electron chi connectivity index (χ0n) is 11.1. The number of carbonyl (C=O) groups excluding carboxylic acids is 1. The third-order valence-electron chi connectivity index (χ3n) is 3.02. The molecular weight excluding hydrogens is 294 g/mol. The number of alkyl halides is 3. The minimum absolute atomic E-state index is 0.0153. The largest absolute Gasteiger partial charge is 0.494 e. The molecule has 0 saturated carbocycles. The van der Waals surface area contributed by atoms with Crippen molar-refractivity contribution in [2.45, 2.75) is 12.3 Å². The Hall–Kier alpha value is -1.83. The van der Waals surface area contributed by atoms with Gasteiger partial charge in [0.05, 0.1) is 13.2 Å². The van der Waals surface area contributed by atoms with Gasteiger partial charge in [-0.3, -0.25) is 4.79 Å². The minimum Gasteiger partial charge on any atom is -0.494 e. The molecule has 116 valence electrons. The lowest BCUT2D eigenvalue weighted by Gasteiger charge is -2.39. The maximum atomic E-state index is 13.5. The van der Waals surface area contributed by atoms with Crippen LogP contribution in [0.25, 0.3) is 0 Å². The fraction of sp³-hybridized carbons (Fsp3) is 0.462. The van der Waals surface area contributed by atoms with Crippen LogP contribution in [0.15, 0.2) is 18.2 Å². The molecule has 0 aliphatic carbocycles. The molecule has 0 radical (unpaired) electrons. The molecule has 1 heterocycles. The van der Waals surface area contributed by atoms with Crippen molar-refractivity contribution in [1.82, 2.24) is 4.90 Å². The lowest BCUT2D eigenvalue weighted by atomic mass is 10.1. The molecule has 0 bridgehead atoms. The Bertz CT molecular complexity index is 527. The van der Waals surface area contributed by atoms with E-state index in [0.717, 1.165) is 6.07 Å². The number of carbonyl (C=O) groups is 1. The van der Waals surface area contributed by atoms with Crippen molar-refractivity contribution in [3.8, 4) is 5.75 Å². The molecule has 1 fully saturated rings. The van der Waals surface area contributed by atoms with Gasteiger partial charge in [-0.1, -0.05) is 0 Å². The smallest absolute Gasteiger partial charge is 0.411 e. The molecule has 1 amide bonds. The van der Waals surface area contributed by atoms with Crippen LogP contribution in [0.2, 0.25) is 0 Å². The van der Waals surface area contributed by atoms with E-state index >= 15 is 0 Å². The number of hydrogen-bond donors (Lipinski definition) is 0. The number of nitrogens with zero attached hydrogens (tertiary/aromatic N) is 1. The topological polar surface area (TPSA) is 38.8 Å². The second kappa shape index (κ2) is 5.88. The van der Waals surface area contributed by atoms with Gasteiger partial charge in [-0.25, -0.2) is 4.39 Å². The number of hydrogen-bond acceptors (Lipinski definition) is 3. The van der Waals surface area contributed by atoms with Gasteiger partial charge in [0, 0.05) is 18.7 Å². The summed E-state index contributed by atoms with van der Waals surface area (Å²) in [6, 6.07) is 3.75. The van der Waals surface area contributed by atoms with E-state index in [4.69, 9.17) is 4.74 Å². The van der Waals surface area contributed by atoms with E-state index in [0.29, 0.717) is 0 Å². The van der Waals surface area contributed by atoms with Crippen LogP contribution in [0.3, 0.4) is 0 Å². The summed E-state index contributed by atoms with van der Waals surface area (Å²) in [5, 5.41) is 0. The Kier molecular flexibility index (Phi) is 4.36. The van der Waals surface area contributed by atoms with Gasteiger partial charge in [-0.15, -0.1) is 0 Å². The van der Waals surface area contributed by atoms with Crippen molar-refractivity contribution >= 4 is 5.91 Å². The Balaban J connectivity index is 1.87. The molecule has 0 unspecified atom stereocenters. The molecule has 0 spiro atoms. The molecule has 1 aromatic carbocycles. The second-order valence-corrected chi connectivity index (χ2v) is 4.61. The first-order chi connectivity index (χ1) is 9.80. The average Bonchev–Trinajstić information content (AvgIpc) is 2.35. The monoisotopic (exact) mass is 307 g/mol. The van der Waals surface area contributed by atoms with E-state index in [-0.39, 0.29) is 24.4 Å². The maximum Gasteiger partial charge on any atom is 0.411 e. The highest BCUT2D eigenvalue weighted by molar-refractivity contribution is 5.95. The Morgan fingerprint density at radius 2 is 2.05 bits per heavy atom. The molecule has 8 heteroatoms. The quantitative estimate of drug-likeness (QED) is 0.801. The summed E-state index contributed by atoms with van der Waals surface area (Å²) in [5.41, 5.74) is 0.113. The molecule has 2 rings (SSSR count). The lowest BCUT2D eigenvalue weighted by molar-refractivity contribution is -0.196. The Labute approximate surface area is 118 Å². The number of halogens is 4. The van der Waals surface area contributed by atoms with Crippen molar-refractivity contribution < 1.29 is 31.8 Å². The summed E-state index contributed by atoms with van der Waals surface area (Å²) in [7, 11) is 1.30. The summed E-state index contributed by atoms with van der Waals surface area (Å²) in [6.07, 6.45) is -5.03. The van der Waals surface area contributed by atoms with Gasteiger partial charge in [0.1, 0.15) is 6.61 Å². The van der Waals surface area contributed by atoms with Gasteiger partial charge in [0.2, 0.25) is 0 Å². The number of methoxy groups -OCH3 is 1. The number of likely N-dealkylation sites (tertiary alicyclic amines) is 1. The molecule has 21 heavy (non-hydrogen) atoms. The Morgan fingerprint density at radius 1 is 1.38 bits per heavy atom. The molecule has 1 saturated heterocycles. The van der Waals surface area contributed by atoms with Gasteiger partial charge in [-0.05, 0) is 18.2 Å². The number of amides is 1. The summed E-state index contributed by atoms with van der Waals surface area (Å²) < 4.78 is 58.7. The molecule has 1 aliphatic rings. The predicted octanol–water partition coefficient (Wildman–Crippen LogP) is 2.24. The first-order valence-corrected chi connectivity index (χ1v) is 6.11. The van der Waals surface area contributed by atoms with Crippen molar-refractivity contribution in [2.75, 3.05) is 26.8 Å². The van der Waals surface area contributed by atoms with Gasteiger partial charge in [0.15, 0.2) is 11.6 Å². The van der Waals surface area contributed by atoms with Crippen molar-refractivity contribution in [3.05, 3.63) is 29.6 Å². The van der Waals surface area contributed by atoms with Gasteiger partial charge < -0.3 is 14.4 Å². The van der Waals surface area contributed by atoms with Crippen molar-refractivity contribution in [3.63, 3.8) is 0 Å². The van der Waals surface area contributed by atoms with Crippen LogP contribution in [0.1, 0.15) is 10.4 Å². The van der Waals surface area contributed by atoms with E-state index in [1.807, 2.05) is 0 Å². The van der Waals surface area contributed by atoms with Gasteiger partial charge in [0.25, 0.3) is 5.91 Å². The van der Waals surface area contributed by atoms with Crippen molar-refractivity contribution in [2.24, 2.45) is 0 Å². The molecule has 0 N–H and O–H groups in total. The first-order valence-electron chi connectivity index (χ1n) is 6.11. The van der Waals surface area contributed by atoms with Crippen LogP contribution >= 0.6 is 0 Å². The van der Waals surface area contributed by atoms with E-state index < -0.39 is 30.6 Å². The summed E-state index contributed by atoms with van der Waals surface area (Å²) in [4.78, 5) is 13.3. The molecule has 1 aromatic rings. The van der Waals surface area contributed by atoms with Crippen LogP contribution in [-0.2, 0) is 4.74 Å². The zero-order valence-corrected chi connectivity index (χ0v) is 11.1. The number of benzene rings is 1. The van der Waals surface area contributed by atoms with Crippen LogP contribution in [0.4, 0.5) is 17.6 Å². The first kappa shape index (κ1) is 15.6. The van der Waals surface area contributed by atoms with Crippen LogP contribution in [-0.4, -0.2) is 49.9 Å². The third kappa shape index (κ3) is 3.84. The standard InChI is InChI=1S/C13H13F4NO3/c1-20-11-3-2-8(4-10(11)14)12(19)18-5-9(6-18)21-7-13(15,16)17/h2-4,9H,5-7H2,1H3. The van der Waals surface area contributed by atoms with Gasteiger partial charge in [-0.2, -0.15) is 13.2 Å². The predicted molar refractivity (Wildman–Crippen MR) is 64.7 cm³/mol. The summed E-state index contributed by atoms with van der Waals surface area (Å²) in [6.45, 7) is -1.22. The molecule has 0 aromatic heterocycles. The molecule has 0 atom stereocenters. The fourth-order valence-electron chi connectivity index (χ4n) is 1.90. The maximum absolute atomic E-state index is 13.5. The second-order valence-electron chi connectivity index (χ2n) is 4.61. The van der Waals surface area contributed by atoms with E-state index in [2.05, 4.69) is 4.74 Å². The Morgan fingerprint density at radius 3 is 2.57 bits per heavy atom. The SMILES string of the molecule is COc1ccc(C(=O)N2CC(OCC(F)(F)F)C2)cc1F.